The number of amides is 1. The summed E-state index contributed by atoms with van der Waals surface area (Å²) < 4.78 is 1.43. The maximum absolute atomic E-state index is 13.1. The lowest BCUT2D eigenvalue weighted by molar-refractivity contribution is -0.138. The molecule has 3 rings (SSSR count). The molecule has 1 N–H and O–H groups in total. The molecule has 0 aromatic carbocycles. The van der Waals surface area contributed by atoms with Gasteiger partial charge in [-0.05, 0) is 31.7 Å². The van der Waals surface area contributed by atoms with E-state index in [-0.39, 0.29) is 11.6 Å². The number of carbonyl (C=O) groups is 2. The van der Waals surface area contributed by atoms with Gasteiger partial charge in [-0.3, -0.25) is 9.48 Å². The minimum Gasteiger partial charge on any atom is -0.477 e. The van der Waals surface area contributed by atoms with Crippen molar-refractivity contribution in [1.29, 1.82) is 0 Å². The number of carbonyl (C=O) groups excluding carboxylic acids is 1. The lowest BCUT2D eigenvalue weighted by atomic mass is 9.88. The van der Waals surface area contributed by atoms with Crippen molar-refractivity contribution in [1.82, 2.24) is 14.7 Å². The molecule has 6 heteroatoms. The van der Waals surface area contributed by atoms with Crippen LogP contribution in [0.15, 0.2) is 12.3 Å². The molecule has 2 saturated carbocycles. The summed E-state index contributed by atoms with van der Waals surface area (Å²) in [6, 6.07) is 2.23. The van der Waals surface area contributed by atoms with Crippen molar-refractivity contribution in [3.05, 3.63) is 18.0 Å². The van der Waals surface area contributed by atoms with Crippen molar-refractivity contribution in [3.63, 3.8) is 0 Å². The van der Waals surface area contributed by atoms with Gasteiger partial charge in [0.2, 0.25) is 5.91 Å². The Morgan fingerprint density at radius 2 is 1.60 bits per heavy atom. The molecule has 138 valence electrons. The van der Waals surface area contributed by atoms with Crippen molar-refractivity contribution in [2.75, 3.05) is 0 Å². The third-order valence-electron chi connectivity index (χ3n) is 5.70. The molecule has 2 fully saturated rings. The van der Waals surface area contributed by atoms with Gasteiger partial charge in [-0.1, -0.05) is 38.5 Å². The zero-order chi connectivity index (χ0) is 17.6. The zero-order valence-electron chi connectivity index (χ0n) is 14.9. The molecular formula is C19H29N3O3. The Hall–Kier alpha value is -1.85. The Labute approximate surface area is 149 Å². The van der Waals surface area contributed by atoms with E-state index >= 15 is 0 Å². The van der Waals surface area contributed by atoms with Crippen molar-refractivity contribution in [2.45, 2.75) is 89.3 Å². The zero-order valence-corrected chi connectivity index (χ0v) is 14.9. The largest absolute Gasteiger partial charge is 0.477 e. The van der Waals surface area contributed by atoms with Crippen LogP contribution < -0.4 is 0 Å². The lowest BCUT2D eigenvalue weighted by Crippen LogP contribution is -2.49. The van der Waals surface area contributed by atoms with E-state index < -0.39 is 5.97 Å². The Morgan fingerprint density at radius 3 is 2.12 bits per heavy atom. The van der Waals surface area contributed by atoms with Gasteiger partial charge in [-0.25, -0.2) is 4.79 Å². The first-order chi connectivity index (χ1) is 12.2. The van der Waals surface area contributed by atoms with Crippen molar-refractivity contribution in [3.8, 4) is 0 Å². The molecule has 0 unspecified atom stereocenters. The van der Waals surface area contributed by atoms with Crippen LogP contribution in [0.3, 0.4) is 0 Å². The van der Waals surface area contributed by atoms with Gasteiger partial charge in [-0.15, -0.1) is 0 Å². The Kier molecular flexibility index (Phi) is 6.10. The normalized spacial score (nSPS) is 19.7. The predicted octanol–water partition coefficient (Wildman–Crippen LogP) is 3.47. The summed E-state index contributed by atoms with van der Waals surface area (Å²) in [6.07, 6.45) is 13.7. The second-order valence-corrected chi connectivity index (χ2v) is 7.38. The van der Waals surface area contributed by atoms with Gasteiger partial charge in [0.25, 0.3) is 0 Å². The fraction of sp³-hybridized carbons (Fsp3) is 0.737. The summed E-state index contributed by atoms with van der Waals surface area (Å²) in [4.78, 5) is 26.4. The van der Waals surface area contributed by atoms with Crippen LogP contribution in [0.1, 0.15) is 81.1 Å². The molecule has 0 spiro atoms. The molecule has 1 aromatic heterocycles. The number of hydrogen-bond acceptors (Lipinski definition) is 3. The van der Waals surface area contributed by atoms with Gasteiger partial charge in [-0.2, -0.15) is 5.10 Å². The van der Waals surface area contributed by atoms with E-state index in [0.29, 0.717) is 25.0 Å². The maximum atomic E-state index is 13.1. The Morgan fingerprint density at radius 1 is 1.04 bits per heavy atom. The van der Waals surface area contributed by atoms with E-state index in [9.17, 15) is 14.7 Å². The van der Waals surface area contributed by atoms with E-state index in [1.807, 2.05) is 0 Å². The number of carboxylic acids is 1. The summed E-state index contributed by atoms with van der Waals surface area (Å²) in [7, 11) is 0. The molecule has 0 aliphatic heterocycles. The monoisotopic (exact) mass is 347 g/mol. The Balaban J connectivity index is 1.67. The third kappa shape index (κ3) is 4.41. The topological polar surface area (TPSA) is 75.4 Å². The number of hydrogen-bond donors (Lipinski definition) is 1. The van der Waals surface area contributed by atoms with E-state index in [2.05, 4.69) is 10.00 Å². The summed E-state index contributed by atoms with van der Waals surface area (Å²) in [5.41, 5.74) is 0.148. The van der Waals surface area contributed by atoms with E-state index in [1.165, 1.54) is 55.5 Å². The first-order valence-electron chi connectivity index (χ1n) is 9.73. The summed E-state index contributed by atoms with van der Waals surface area (Å²) in [5.74, 6) is -0.827. The van der Waals surface area contributed by atoms with Crippen LogP contribution in [0, 0.1) is 0 Å². The van der Waals surface area contributed by atoms with Crippen LogP contribution >= 0.6 is 0 Å². The lowest BCUT2D eigenvalue weighted by Gasteiger charge is -2.42. The van der Waals surface area contributed by atoms with Gasteiger partial charge >= 0.3 is 5.97 Å². The van der Waals surface area contributed by atoms with Crippen LogP contribution in [0.4, 0.5) is 0 Å². The summed E-state index contributed by atoms with van der Waals surface area (Å²) in [5, 5.41) is 13.2. The van der Waals surface area contributed by atoms with Crippen LogP contribution in [-0.4, -0.2) is 43.7 Å². The predicted molar refractivity (Wildman–Crippen MR) is 94.4 cm³/mol. The average Bonchev–Trinajstić information content (AvgIpc) is 3.11. The average molecular weight is 347 g/mol. The molecule has 6 nitrogen and oxygen atoms in total. The highest BCUT2D eigenvalue weighted by Crippen LogP contribution is 2.30. The molecule has 0 bridgehead atoms. The van der Waals surface area contributed by atoms with E-state index in [0.717, 1.165) is 25.7 Å². The van der Waals surface area contributed by atoms with E-state index in [1.54, 1.807) is 0 Å². The molecule has 2 aliphatic rings. The van der Waals surface area contributed by atoms with Gasteiger partial charge in [0, 0.05) is 24.7 Å². The summed E-state index contributed by atoms with van der Waals surface area (Å²) in [6.45, 7) is 0.337. The molecule has 25 heavy (non-hydrogen) atoms. The molecule has 1 aromatic rings. The number of nitrogens with zero attached hydrogens (tertiary/aromatic N) is 3. The van der Waals surface area contributed by atoms with Crippen LogP contribution in [-0.2, 0) is 11.3 Å². The van der Waals surface area contributed by atoms with Crippen LogP contribution in [0.5, 0.6) is 0 Å². The highest BCUT2D eigenvalue weighted by atomic mass is 16.4. The van der Waals surface area contributed by atoms with Crippen LogP contribution in [0.2, 0.25) is 0 Å². The second-order valence-electron chi connectivity index (χ2n) is 7.38. The van der Waals surface area contributed by atoms with Crippen molar-refractivity contribution < 1.29 is 14.7 Å². The van der Waals surface area contributed by atoms with Gasteiger partial charge in [0.05, 0.1) is 6.54 Å². The number of aromatic carboxylic acids is 1. The standard InChI is InChI=1S/C19H29N3O3/c23-18(12-14-21-17(19(24)25)11-13-20-21)22(15-7-3-1-4-8-15)16-9-5-2-6-10-16/h11,13,15-16H,1-10,12,14H2,(H,24,25). The smallest absolute Gasteiger partial charge is 0.354 e. The Bertz CT molecular complexity index is 568. The fourth-order valence-corrected chi connectivity index (χ4v) is 4.45. The van der Waals surface area contributed by atoms with Crippen molar-refractivity contribution >= 4 is 11.9 Å². The first-order valence-corrected chi connectivity index (χ1v) is 9.73. The molecule has 0 atom stereocenters. The first kappa shape index (κ1) is 18.0. The molecule has 1 amide bonds. The van der Waals surface area contributed by atoms with Gasteiger partial charge in [0.1, 0.15) is 5.69 Å². The maximum Gasteiger partial charge on any atom is 0.354 e. The molecule has 1 heterocycles. The molecule has 0 radical (unpaired) electrons. The van der Waals surface area contributed by atoms with Gasteiger partial charge < -0.3 is 10.0 Å². The SMILES string of the molecule is O=C(O)c1ccnn1CCC(=O)N(C1CCCCC1)C1CCCCC1. The molecule has 2 aliphatic carbocycles. The number of aryl methyl sites for hydroxylation is 1. The number of carboxylic acid groups (broad SMARTS) is 1. The minimum absolute atomic E-state index is 0.148. The minimum atomic E-state index is -0.999. The quantitative estimate of drug-likeness (QED) is 0.855. The number of aromatic nitrogens is 2. The number of rotatable bonds is 6. The van der Waals surface area contributed by atoms with Gasteiger partial charge in [0.15, 0.2) is 0 Å². The van der Waals surface area contributed by atoms with Crippen LogP contribution in [0.25, 0.3) is 0 Å². The molecule has 0 saturated heterocycles. The third-order valence-corrected chi connectivity index (χ3v) is 5.70. The highest BCUT2D eigenvalue weighted by Gasteiger charge is 2.32. The second kappa shape index (κ2) is 8.50. The van der Waals surface area contributed by atoms with Crippen molar-refractivity contribution in [2.24, 2.45) is 0 Å². The summed E-state index contributed by atoms with van der Waals surface area (Å²) >= 11 is 0. The highest BCUT2D eigenvalue weighted by molar-refractivity contribution is 5.85. The molecular weight excluding hydrogens is 318 g/mol. The van der Waals surface area contributed by atoms with E-state index in [4.69, 9.17) is 0 Å². The fourth-order valence-electron chi connectivity index (χ4n) is 4.45.